The van der Waals surface area contributed by atoms with E-state index in [2.05, 4.69) is 5.32 Å². The molecule has 142 valence electrons. The minimum atomic E-state index is -0.956. The Morgan fingerprint density at radius 1 is 1.04 bits per heavy atom. The molecule has 24 heavy (non-hydrogen) atoms. The molecule has 0 aromatic carbocycles. The molecule has 0 aliphatic carbocycles. The third-order valence-corrected chi connectivity index (χ3v) is 4.97. The van der Waals surface area contributed by atoms with Crippen molar-refractivity contribution in [3.8, 4) is 0 Å². The zero-order chi connectivity index (χ0) is 17.9. The van der Waals surface area contributed by atoms with Gasteiger partial charge < -0.3 is 25.7 Å². The predicted molar refractivity (Wildman–Crippen MR) is 92.8 cm³/mol. The van der Waals surface area contributed by atoms with E-state index < -0.39 is 12.1 Å². The molecule has 1 heterocycles. The van der Waals surface area contributed by atoms with E-state index >= 15 is 0 Å². The molecule has 5 atom stereocenters. The summed E-state index contributed by atoms with van der Waals surface area (Å²) in [6, 6.07) is 0.533. The number of piperidine rings is 1. The number of carbonyl (C=O) groups is 1. The Morgan fingerprint density at radius 2 is 1.67 bits per heavy atom. The normalized spacial score (nSPS) is 26.9. The van der Waals surface area contributed by atoms with Crippen LogP contribution in [0.15, 0.2) is 0 Å². The Bertz CT molecular complexity index is 352. The molecule has 1 rings (SSSR count). The van der Waals surface area contributed by atoms with Gasteiger partial charge in [-0.05, 0) is 45.4 Å². The van der Waals surface area contributed by atoms with Crippen LogP contribution in [0.2, 0.25) is 0 Å². The number of aliphatic carboxylic acids is 1. The van der Waals surface area contributed by atoms with Crippen LogP contribution in [0.3, 0.4) is 0 Å². The molecule has 5 N–H and O–H groups in total. The molecule has 0 aromatic rings. The Labute approximate surface area is 145 Å². The minimum absolute atomic E-state index is 0.136. The van der Waals surface area contributed by atoms with E-state index in [1.165, 1.54) is 0 Å². The van der Waals surface area contributed by atoms with Crippen molar-refractivity contribution in [2.45, 2.75) is 108 Å². The lowest BCUT2D eigenvalue weighted by Gasteiger charge is -2.33. The molecule has 0 radical (unpaired) electrons. The lowest BCUT2D eigenvalue weighted by molar-refractivity contribution is -0.139. The molecule has 6 nitrogen and oxygen atoms in total. The van der Waals surface area contributed by atoms with E-state index in [1.54, 1.807) is 0 Å². The first-order chi connectivity index (χ1) is 11.4. The standard InChI is InChI=1S/C18H35NO5/c1-13-17(22)11-9-14(19-13)8-10-15(20)6-4-2-3-5-7-16(21)12-18(23)24/h13-17,19-22H,2-12H2,1H3,(H,23,24). The van der Waals surface area contributed by atoms with Crippen LogP contribution in [0.25, 0.3) is 0 Å². The molecule has 5 unspecified atom stereocenters. The molecule has 0 amide bonds. The first-order valence-electron chi connectivity index (χ1n) is 9.40. The van der Waals surface area contributed by atoms with E-state index in [-0.39, 0.29) is 24.7 Å². The summed E-state index contributed by atoms with van der Waals surface area (Å²) in [6.07, 6.45) is 7.18. The van der Waals surface area contributed by atoms with Crippen molar-refractivity contribution in [2.75, 3.05) is 0 Å². The molecule has 0 saturated carbocycles. The number of carboxylic acids is 1. The van der Waals surface area contributed by atoms with Gasteiger partial charge in [0.2, 0.25) is 0 Å². The van der Waals surface area contributed by atoms with E-state index in [0.29, 0.717) is 12.5 Å². The van der Waals surface area contributed by atoms with Gasteiger partial charge in [-0.15, -0.1) is 0 Å². The Kier molecular flexibility index (Phi) is 10.5. The fourth-order valence-corrected chi connectivity index (χ4v) is 3.37. The Balaban J connectivity index is 1.96. The zero-order valence-corrected chi connectivity index (χ0v) is 14.9. The second kappa shape index (κ2) is 11.8. The number of aliphatic hydroxyl groups excluding tert-OH is 3. The highest BCUT2D eigenvalue weighted by atomic mass is 16.4. The first kappa shape index (κ1) is 21.4. The summed E-state index contributed by atoms with van der Waals surface area (Å²) in [4.78, 5) is 10.4. The summed E-state index contributed by atoms with van der Waals surface area (Å²) in [6.45, 7) is 2.00. The molecule has 0 spiro atoms. The molecule has 1 fully saturated rings. The van der Waals surface area contributed by atoms with Gasteiger partial charge in [0.1, 0.15) is 0 Å². The number of hydrogen-bond donors (Lipinski definition) is 5. The summed E-state index contributed by atoms with van der Waals surface area (Å²) >= 11 is 0. The number of aliphatic hydroxyl groups is 3. The van der Waals surface area contributed by atoms with Crippen LogP contribution in [-0.4, -0.2) is 56.8 Å². The summed E-state index contributed by atoms with van der Waals surface area (Å²) in [5, 5.41) is 41.1. The van der Waals surface area contributed by atoms with Crippen molar-refractivity contribution in [1.29, 1.82) is 0 Å². The summed E-state index contributed by atoms with van der Waals surface area (Å²) in [7, 11) is 0. The number of hydrogen-bond acceptors (Lipinski definition) is 5. The highest BCUT2D eigenvalue weighted by Gasteiger charge is 2.25. The van der Waals surface area contributed by atoms with Crippen LogP contribution in [0.4, 0.5) is 0 Å². The van der Waals surface area contributed by atoms with Gasteiger partial charge in [0.15, 0.2) is 0 Å². The van der Waals surface area contributed by atoms with Crippen LogP contribution in [0, 0.1) is 0 Å². The van der Waals surface area contributed by atoms with Crippen molar-refractivity contribution < 1.29 is 25.2 Å². The maximum atomic E-state index is 10.4. The largest absolute Gasteiger partial charge is 0.481 e. The van der Waals surface area contributed by atoms with Gasteiger partial charge in [-0.3, -0.25) is 4.79 Å². The van der Waals surface area contributed by atoms with Gasteiger partial charge in [-0.1, -0.05) is 25.7 Å². The highest BCUT2D eigenvalue weighted by molar-refractivity contribution is 5.67. The molecule has 6 heteroatoms. The molecule has 0 bridgehead atoms. The van der Waals surface area contributed by atoms with Gasteiger partial charge in [0.25, 0.3) is 0 Å². The number of carboxylic acid groups (broad SMARTS) is 1. The van der Waals surface area contributed by atoms with Gasteiger partial charge in [0.05, 0.1) is 24.7 Å². The number of rotatable bonds is 12. The van der Waals surface area contributed by atoms with Gasteiger partial charge in [0, 0.05) is 12.1 Å². The van der Waals surface area contributed by atoms with Crippen molar-refractivity contribution in [3.05, 3.63) is 0 Å². The topological polar surface area (TPSA) is 110 Å². The summed E-state index contributed by atoms with van der Waals surface area (Å²) in [5.74, 6) is -0.956. The Morgan fingerprint density at radius 3 is 2.25 bits per heavy atom. The van der Waals surface area contributed by atoms with E-state index in [1.807, 2.05) is 6.92 Å². The quantitative estimate of drug-likeness (QED) is 0.345. The van der Waals surface area contributed by atoms with E-state index in [0.717, 1.165) is 57.8 Å². The van der Waals surface area contributed by atoms with Gasteiger partial charge in [-0.2, -0.15) is 0 Å². The highest BCUT2D eigenvalue weighted by Crippen LogP contribution is 2.19. The van der Waals surface area contributed by atoms with Crippen LogP contribution >= 0.6 is 0 Å². The fourth-order valence-electron chi connectivity index (χ4n) is 3.37. The Hall–Kier alpha value is -0.690. The molecule has 1 aliphatic heterocycles. The van der Waals surface area contributed by atoms with Crippen molar-refractivity contribution in [2.24, 2.45) is 0 Å². The average Bonchev–Trinajstić information content (AvgIpc) is 2.51. The monoisotopic (exact) mass is 345 g/mol. The van der Waals surface area contributed by atoms with Crippen LogP contribution < -0.4 is 5.32 Å². The second-order valence-electron chi connectivity index (χ2n) is 7.27. The third-order valence-electron chi connectivity index (χ3n) is 4.97. The smallest absolute Gasteiger partial charge is 0.305 e. The maximum Gasteiger partial charge on any atom is 0.305 e. The average molecular weight is 345 g/mol. The zero-order valence-electron chi connectivity index (χ0n) is 14.9. The van der Waals surface area contributed by atoms with E-state index in [9.17, 15) is 20.1 Å². The maximum absolute atomic E-state index is 10.4. The van der Waals surface area contributed by atoms with E-state index in [4.69, 9.17) is 5.11 Å². The van der Waals surface area contributed by atoms with Crippen LogP contribution in [0.5, 0.6) is 0 Å². The predicted octanol–water partition coefficient (Wildman–Crippen LogP) is 1.81. The SMILES string of the molecule is CC1NC(CCC(O)CCCCCCC(O)CC(=O)O)CCC1O. The molecule has 0 aromatic heterocycles. The molecule has 1 aliphatic rings. The van der Waals surface area contributed by atoms with Crippen molar-refractivity contribution in [3.63, 3.8) is 0 Å². The fraction of sp³-hybridized carbons (Fsp3) is 0.944. The van der Waals surface area contributed by atoms with Gasteiger partial charge >= 0.3 is 5.97 Å². The third kappa shape index (κ3) is 9.57. The van der Waals surface area contributed by atoms with Crippen molar-refractivity contribution >= 4 is 5.97 Å². The number of unbranched alkanes of at least 4 members (excludes halogenated alkanes) is 3. The first-order valence-corrected chi connectivity index (χ1v) is 9.40. The molecule has 1 saturated heterocycles. The molecular weight excluding hydrogens is 310 g/mol. The van der Waals surface area contributed by atoms with Crippen LogP contribution in [-0.2, 0) is 4.79 Å². The van der Waals surface area contributed by atoms with Crippen molar-refractivity contribution in [1.82, 2.24) is 5.32 Å². The van der Waals surface area contributed by atoms with Gasteiger partial charge in [-0.25, -0.2) is 0 Å². The lowest BCUT2D eigenvalue weighted by atomic mass is 9.92. The minimum Gasteiger partial charge on any atom is -0.481 e. The second-order valence-corrected chi connectivity index (χ2v) is 7.27. The summed E-state index contributed by atoms with van der Waals surface area (Å²) in [5.41, 5.74) is 0. The lowest BCUT2D eigenvalue weighted by Crippen LogP contribution is -2.48. The molecular formula is C18H35NO5. The summed E-state index contributed by atoms with van der Waals surface area (Å²) < 4.78 is 0. The number of nitrogens with one attached hydrogen (secondary N) is 1. The van der Waals surface area contributed by atoms with Crippen LogP contribution in [0.1, 0.15) is 77.6 Å².